The largest absolute Gasteiger partial charge is 0.480 e. The Balaban J connectivity index is 2.64. The number of carbonyl (C=O) groups is 2. The Kier molecular flexibility index (Phi) is 4.99. The zero-order valence-electron chi connectivity index (χ0n) is 11.7. The minimum Gasteiger partial charge on any atom is -0.480 e. The molecule has 0 aliphatic heterocycles. The molecule has 104 valence electrons. The summed E-state index contributed by atoms with van der Waals surface area (Å²) in [4.78, 5) is 26.2. The number of urea groups is 1. The molecule has 5 heteroatoms. The van der Waals surface area contributed by atoms with Crippen molar-refractivity contribution in [2.24, 2.45) is 11.8 Å². The first-order chi connectivity index (χ1) is 8.32. The Bertz CT molecular complexity index is 313. The summed E-state index contributed by atoms with van der Waals surface area (Å²) in [5, 5.41) is 8.88. The van der Waals surface area contributed by atoms with Crippen LogP contribution in [0.25, 0.3) is 0 Å². The highest BCUT2D eigenvalue weighted by Crippen LogP contribution is 2.30. The van der Waals surface area contributed by atoms with Gasteiger partial charge in [0.25, 0.3) is 0 Å². The topological polar surface area (TPSA) is 60.9 Å². The molecule has 0 bridgehead atoms. The van der Waals surface area contributed by atoms with Gasteiger partial charge in [-0.3, -0.25) is 4.79 Å². The van der Waals surface area contributed by atoms with E-state index in [0.717, 1.165) is 12.8 Å². The second-order valence-electron chi connectivity index (χ2n) is 5.60. The van der Waals surface area contributed by atoms with E-state index >= 15 is 0 Å². The van der Waals surface area contributed by atoms with Gasteiger partial charge in [0.2, 0.25) is 0 Å². The highest BCUT2D eigenvalue weighted by molar-refractivity contribution is 5.80. The van der Waals surface area contributed by atoms with Crippen LogP contribution in [-0.2, 0) is 4.79 Å². The molecule has 1 N–H and O–H groups in total. The van der Waals surface area contributed by atoms with Gasteiger partial charge in [-0.05, 0) is 31.6 Å². The fraction of sp³-hybridized carbons (Fsp3) is 0.846. The fourth-order valence-electron chi connectivity index (χ4n) is 1.83. The van der Waals surface area contributed by atoms with E-state index in [-0.39, 0.29) is 18.6 Å². The Labute approximate surface area is 109 Å². The summed E-state index contributed by atoms with van der Waals surface area (Å²) in [6.07, 6.45) is 2.21. The smallest absolute Gasteiger partial charge is 0.323 e. The fourth-order valence-corrected chi connectivity index (χ4v) is 1.83. The third-order valence-corrected chi connectivity index (χ3v) is 3.65. The molecular formula is C13H24N2O3. The van der Waals surface area contributed by atoms with E-state index in [4.69, 9.17) is 5.11 Å². The number of nitrogens with zero attached hydrogens (tertiary/aromatic N) is 2. The number of rotatable bonds is 6. The van der Waals surface area contributed by atoms with Crippen LogP contribution in [0.1, 0.15) is 33.6 Å². The average molecular weight is 256 g/mol. The molecule has 0 radical (unpaired) electrons. The predicted octanol–water partition coefficient (Wildman–Crippen LogP) is 1.88. The van der Waals surface area contributed by atoms with E-state index in [1.807, 2.05) is 6.92 Å². The van der Waals surface area contributed by atoms with Crippen LogP contribution in [0.15, 0.2) is 0 Å². The van der Waals surface area contributed by atoms with Crippen LogP contribution < -0.4 is 0 Å². The summed E-state index contributed by atoms with van der Waals surface area (Å²) >= 11 is 0. The van der Waals surface area contributed by atoms with Crippen molar-refractivity contribution >= 4 is 12.0 Å². The lowest BCUT2D eigenvalue weighted by atomic mass is 10.1. The number of hydrogen-bond acceptors (Lipinski definition) is 2. The summed E-state index contributed by atoms with van der Waals surface area (Å²) in [6, 6.07) is -0.0708. The second kappa shape index (κ2) is 6.07. The van der Waals surface area contributed by atoms with Crippen molar-refractivity contribution < 1.29 is 14.7 Å². The van der Waals surface area contributed by atoms with Gasteiger partial charge in [0.1, 0.15) is 6.54 Å². The molecule has 1 rings (SSSR count). The number of aliphatic carboxylic acids is 1. The predicted molar refractivity (Wildman–Crippen MR) is 69.4 cm³/mol. The van der Waals surface area contributed by atoms with Gasteiger partial charge < -0.3 is 14.9 Å². The summed E-state index contributed by atoms with van der Waals surface area (Å²) < 4.78 is 0. The van der Waals surface area contributed by atoms with Crippen molar-refractivity contribution in [1.82, 2.24) is 9.80 Å². The first-order valence-electron chi connectivity index (χ1n) is 6.56. The van der Waals surface area contributed by atoms with E-state index < -0.39 is 5.97 Å². The van der Waals surface area contributed by atoms with E-state index in [1.54, 1.807) is 11.9 Å². The van der Waals surface area contributed by atoms with Crippen molar-refractivity contribution in [1.29, 1.82) is 0 Å². The molecule has 5 nitrogen and oxygen atoms in total. The molecule has 1 saturated carbocycles. The molecule has 0 aromatic rings. The van der Waals surface area contributed by atoms with Gasteiger partial charge in [0.05, 0.1) is 0 Å². The molecule has 1 fully saturated rings. The Morgan fingerprint density at radius 2 is 1.83 bits per heavy atom. The molecule has 0 aromatic carbocycles. The van der Waals surface area contributed by atoms with Crippen molar-refractivity contribution in [2.75, 3.05) is 20.1 Å². The molecule has 1 aliphatic rings. The minimum absolute atomic E-state index is 0.105. The molecule has 0 heterocycles. The number of hydrogen-bond donors (Lipinski definition) is 1. The van der Waals surface area contributed by atoms with E-state index in [1.165, 1.54) is 4.90 Å². The Hall–Kier alpha value is -1.26. The van der Waals surface area contributed by atoms with E-state index in [0.29, 0.717) is 18.4 Å². The molecular weight excluding hydrogens is 232 g/mol. The molecule has 1 unspecified atom stereocenters. The van der Waals surface area contributed by atoms with Crippen molar-refractivity contribution in [2.45, 2.75) is 39.7 Å². The lowest BCUT2D eigenvalue weighted by Gasteiger charge is -2.33. The summed E-state index contributed by atoms with van der Waals surface area (Å²) in [5.74, 6) is -0.0998. The van der Waals surface area contributed by atoms with Crippen LogP contribution in [0.4, 0.5) is 4.79 Å². The Morgan fingerprint density at radius 3 is 2.22 bits per heavy atom. The standard InChI is InChI=1S/C13H24N2O3/c1-9(2)10(3)14(4)13(18)15(8-12(16)17)7-11-5-6-11/h9-11H,5-8H2,1-4H3,(H,16,17). The van der Waals surface area contributed by atoms with Crippen LogP contribution >= 0.6 is 0 Å². The highest BCUT2D eigenvalue weighted by atomic mass is 16.4. The quantitative estimate of drug-likeness (QED) is 0.789. The van der Waals surface area contributed by atoms with Gasteiger partial charge in [-0.15, -0.1) is 0 Å². The maximum absolute atomic E-state index is 12.3. The molecule has 18 heavy (non-hydrogen) atoms. The first-order valence-corrected chi connectivity index (χ1v) is 6.56. The molecule has 0 spiro atoms. The van der Waals surface area contributed by atoms with Gasteiger partial charge in [-0.2, -0.15) is 0 Å². The average Bonchev–Trinajstić information content (AvgIpc) is 3.08. The van der Waals surface area contributed by atoms with Crippen LogP contribution in [0, 0.1) is 11.8 Å². The van der Waals surface area contributed by atoms with Gasteiger partial charge in [-0.1, -0.05) is 13.8 Å². The van der Waals surface area contributed by atoms with Crippen LogP contribution in [-0.4, -0.2) is 53.1 Å². The molecule has 0 saturated heterocycles. The third kappa shape index (κ3) is 4.20. The first kappa shape index (κ1) is 14.8. The van der Waals surface area contributed by atoms with Crippen molar-refractivity contribution in [3.05, 3.63) is 0 Å². The highest BCUT2D eigenvalue weighted by Gasteiger charge is 2.30. The molecule has 1 atom stereocenters. The number of carbonyl (C=O) groups excluding carboxylic acids is 1. The van der Waals surface area contributed by atoms with E-state index in [2.05, 4.69) is 13.8 Å². The zero-order valence-corrected chi connectivity index (χ0v) is 11.7. The van der Waals surface area contributed by atoms with Crippen molar-refractivity contribution in [3.63, 3.8) is 0 Å². The summed E-state index contributed by atoms with van der Waals surface area (Å²) in [7, 11) is 1.74. The maximum atomic E-state index is 12.3. The summed E-state index contributed by atoms with van der Waals surface area (Å²) in [6.45, 7) is 6.46. The van der Waals surface area contributed by atoms with Gasteiger partial charge in [-0.25, -0.2) is 4.79 Å². The van der Waals surface area contributed by atoms with Gasteiger partial charge in [0.15, 0.2) is 0 Å². The second-order valence-corrected chi connectivity index (χ2v) is 5.60. The van der Waals surface area contributed by atoms with Gasteiger partial charge >= 0.3 is 12.0 Å². The van der Waals surface area contributed by atoms with E-state index in [9.17, 15) is 9.59 Å². The normalized spacial score (nSPS) is 16.5. The third-order valence-electron chi connectivity index (χ3n) is 3.65. The summed E-state index contributed by atoms with van der Waals surface area (Å²) in [5.41, 5.74) is 0. The maximum Gasteiger partial charge on any atom is 0.323 e. The molecule has 0 aromatic heterocycles. The van der Waals surface area contributed by atoms with Crippen LogP contribution in [0.2, 0.25) is 0 Å². The van der Waals surface area contributed by atoms with Gasteiger partial charge in [0, 0.05) is 19.6 Å². The number of amides is 2. The Morgan fingerprint density at radius 1 is 1.28 bits per heavy atom. The lowest BCUT2D eigenvalue weighted by Crippen LogP contribution is -2.48. The van der Waals surface area contributed by atoms with Crippen molar-refractivity contribution in [3.8, 4) is 0 Å². The lowest BCUT2D eigenvalue weighted by molar-refractivity contribution is -0.137. The molecule has 2 amide bonds. The SMILES string of the molecule is CC(C)C(C)N(C)C(=O)N(CC(=O)O)CC1CC1. The van der Waals surface area contributed by atoms with Crippen LogP contribution in [0.3, 0.4) is 0 Å². The molecule has 1 aliphatic carbocycles. The number of carboxylic acids is 1. The number of carboxylic acid groups (broad SMARTS) is 1. The zero-order chi connectivity index (χ0) is 13.9. The van der Waals surface area contributed by atoms with Crippen LogP contribution in [0.5, 0.6) is 0 Å². The minimum atomic E-state index is -0.949. The monoisotopic (exact) mass is 256 g/mol.